The van der Waals surface area contributed by atoms with Crippen LogP contribution in [-0.4, -0.2) is 46.1 Å². The summed E-state index contributed by atoms with van der Waals surface area (Å²) in [5.74, 6) is 0. The first-order valence-electron chi connectivity index (χ1n) is 5.71. The number of methoxy groups -OCH3 is 1. The Morgan fingerprint density at radius 2 is 2.13 bits per heavy atom. The SMILES string of the molecule is COC(CN)CNCC1(C)CCOCC1. The van der Waals surface area contributed by atoms with Gasteiger partial charge in [-0.3, -0.25) is 0 Å². The van der Waals surface area contributed by atoms with Crippen LogP contribution in [0.5, 0.6) is 0 Å². The molecule has 4 heteroatoms. The maximum absolute atomic E-state index is 5.55. The van der Waals surface area contributed by atoms with Gasteiger partial charge in [0.1, 0.15) is 0 Å². The third-order valence-corrected chi connectivity index (χ3v) is 3.22. The van der Waals surface area contributed by atoms with Gasteiger partial charge in [0.05, 0.1) is 6.10 Å². The Bertz CT molecular complexity index is 166. The molecule has 1 saturated heterocycles. The smallest absolute Gasteiger partial charge is 0.0817 e. The summed E-state index contributed by atoms with van der Waals surface area (Å²) in [5, 5.41) is 3.44. The summed E-state index contributed by atoms with van der Waals surface area (Å²) >= 11 is 0. The molecule has 0 radical (unpaired) electrons. The molecule has 4 nitrogen and oxygen atoms in total. The molecule has 0 saturated carbocycles. The lowest BCUT2D eigenvalue weighted by molar-refractivity contribution is 0.0218. The van der Waals surface area contributed by atoms with Gasteiger partial charge in [-0.25, -0.2) is 0 Å². The van der Waals surface area contributed by atoms with E-state index in [4.69, 9.17) is 15.2 Å². The van der Waals surface area contributed by atoms with Crippen LogP contribution >= 0.6 is 0 Å². The summed E-state index contributed by atoms with van der Waals surface area (Å²) in [5.41, 5.74) is 5.93. The van der Waals surface area contributed by atoms with Gasteiger partial charge < -0.3 is 20.5 Å². The van der Waals surface area contributed by atoms with E-state index in [0.29, 0.717) is 12.0 Å². The Balaban J connectivity index is 2.17. The van der Waals surface area contributed by atoms with E-state index in [1.54, 1.807) is 7.11 Å². The van der Waals surface area contributed by atoms with Crippen molar-refractivity contribution in [1.82, 2.24) is 5.32 Å². The molecule has 0 spiro atoms. The molecule has 0 aromatic rings. The van der Waals surface area contributed by atoms with Gasteiger partial charge in [-0.1, -0.05) is 6.92 Å². The molecule has 1 heterocycles. The zero-order valence-corrected chi connectivity index (χ0v) is 9.92. The van der Waals surface area contributed by atoms with Gasteiger partial charge in [-0.05, 0) is 18.3 Å². The molecule has 1 unspecified atom stereocenters. The Morgan fingerprint density at radius 1 is 1.47 bits per heavy atom. The van der Waals surface area contributed by atoms with Gasteiger partial charge >= 0.3 is 0 Å². The second-order valence-corrected chi connectivity index (χ2v) is 4.65. The normalized spacial score (nSPS) is 22.6. The predicted octanol–water partition coefficient (Wildman–Crippen LogP) is 0.366. The van der Waals surface area contributed by atoms with Crippen molar-refractivity contribution < 1.29 is 9.47 Å². The first-order valence-corrected chi connectivity index (χ1v) is 5.71. The summed E-state index contributed by atoms with van der Waals surface area (Å²) in [6, 6.07) is 0. The lowest BCUT2D eigenvalue weighted by Crippen LogP contribution is -2.41. The molecular weight excluding hydrogens is 192 g/mol. The van der Waals surface area contributed by atoms with Crippen LogP contribution in [-0.2, 0) is 9.47 Å². The molecule has 0 amide bonds. The molecule has 1 rings (SSSR count). The molecule has 90 valence electrons. The summed E-state index contributed by atoms with van der Waals surface area (Å²) in [6.45, 7) is 6.53. The molecule has 0 aliphatic carbocycles. The van der Waals surface area contributed by atoms with Crippen molar-refractivity contribution in [3.63, 3.8) is 0 Å². The quantitative estimate of drug-likeness (QED) is 0.673. The zero-order valence-electron chi connectivity index (χ0n) is 9.92. The lowest BCUT2D eigenvalue weighted by Gasteiger charge is -2.34. The molecule has 1 atom stereocenters. The number of hydrogen-bond donors (Lipinski definition) is 2. The maximum Gasteiger partial charge on any atom is 0.0817 e. The number of hydrogen-bond acceptors (Lipinski definition) is 4. The lowest BCUT2D eigenvalue weighted by atomic mass is 9.82. The van der Waals surface area contributed by atoms with Gasteiger partial charge in [0.15, 0.2) is 0 Å². The number of nitrogens with one attached hydrogen (secondary N) is 1. The average Bonchev–Trinajstić information content (AvgIpc) is 2.25. The molecular formula is C11H24N2O2. The first-order chi connectivity index (χ1) is 7.20. The Kier molecular flexibility index (Phi) is 5.53. The predicted molar refractivity (Wildman–Crippen MR) is 60.9 cm³/mol. The largest absolute Gasteiger partial charge is 0.381 e. The summed E-state index contributed by atoms with van der Waals surface area (Å²) in [7, 11) is 1.70. The van der Waals surface area contributed by atoms with Gasteiger partial charge in [-0.15, -0.1) is 0 Å². The summed E-state index contributed by atoms with van der Waals surface area (Å²) in [6.07, 6.45) is 2.41. The van der Waals surface area contributed by atoms with Crippen LogP contribution in [0.4, 0.5) is 0 Å². The third-order valence-electron chi connectivity index (χ3n) is 3.22. The van der Waals surface area contributed by atoms with Gasteiger partial charge in [0.25, 0.3) is 0 Å². The van der Waals surface area contributed by atoms with Crippen molar-refractivity contribution in [2.75, 3.05) is 40.0 Å². The minimum absolute atomic E-state index is 0.133. The number of nitrogens with two attached hydrogens (primary N) is 1. The van der Waals surface area contributed by atoms with E-state index in [1.807, 2.05) is 0 Å². The van der Waals surface area contributed by atoms with Gasteiger partial charge in [0.2, 0.25) is 0 Å². The third kappa shape index (κ3) is 4.47. The van der Waals surface area contributed by atoms with E-state index < -0.39 is 0 Å². The van der Waals surface area contributed by atoms with Crippen LogP contribution < -0.4 is 11.1 Å². The molecule has 15 heavy (non-hydrogen) atoms. The molecule has 1 aliphatic heterocycles. The molecule has 0 bridgehead atoms. The van der Waals surface area contributed by atoms with Crippen molar-refractivity contribution in [1.29, 1.82) is 0 Å². The minimum Gasteiger partial charge on any atom is -0.381 e. The van der Waals surface area contributed by atoms with E-state index in [9.17, 15) is 0 Å². The first kappa shape index (κ1) is 12.9. The van der Waals surface area contributed by atoms with E-state index in [1.165, 1.54) is 0 Å². The molecule has 1 aliphatic rings. The van der Waals surface area contributed by atoms with Crippen LogP contribution in [0.3, 0.4) is 0 Å². The van der Waals surface area contributed by atoms with Crippen LogP contribution in [0.1, 0.15) is 19.8 Å². The van der Waals surface area contributed by atoms with E-state index >= 15 is 0 Å². The number of rotatable bonds is 6. The molecule has 3 N–H and O–H groups in total. The van der Waals surface area contributed by atoms with Crippen molar-refractivity contribution >= 4 is 0 Å². The minimum atomic E-state index is 0.133. The van der Waals surface area contributed by atoms with Crippen LogP contribution in [0, 0.1) is 5.41 Å². The van der Waals surface area contributed by atoms with Crippen LogP contribution in [0.15, 0.2) is 0 Å². The average molecular weight is 216 g/mol. The maximum atomic E-state index is 5.55. The van der Waals surface area contributed by atoms with Crippen LogP contribution in [0.2, 0.25) is 0 Å². The van der Waals surface area contributed by atoms with Gasteiger partial charge in [-0.2, -0.15) is 0 Å². The monoisotopic (exact) mass is 216 g/mol. The summed E-state index contributed by atoms with van der Waals surface area (Å²) in [4.78, 5) is 0. The van der Waals surface area contributed by atoms with Crippen molar-refractivity contribution in [3.05, 3.63) is 0 Å². The fraction of sp³-hybridized carbons (Fsp3) is 1.00. The van der Waals surface area contributed by atoms with Crippen molar-refractivity contribution in [3.8, 4) is 0 Å². The van der Waals surface area contributed by atoms with Crippen molar-refractivity contribution in [2.45, 2.75) is 25.9 Å². The second kappa shape index (κ2) is 6.43. The second-order valence-electron chi connectivity index (χ2n) is 4.65. The fourth-order valence-corrected chi connectivity index (χ4v) is 1.84. The van der Waals surface area contributed by atoms with E-state index in [-0.39, 0.29) is 6.10 Å². The summed E-state index contributed by atoms with van der Waals surface area (Å²) < 4.78 is 10.6. The van der Waals surface area contributed by atoms with E-state index in [0.717, 1.165) is 39.1 Å². The fourth-order valence-electron chi connectivity index (χ4n) is 1.84. The molecule has 0 aromatic carbocycles. The highest BCUT2D eigenvalue weighted by atomic mass is 16.5. The Labute approximate surface area is 92.5 Å². The zero-order chi connectivity index (χ0) is 11.1. The van der Waals surface area contributed by atoms with Gasteiger partial charge in [0, 0.05) is 40.0 Å². The molecule has 1 fully saturated rings. The highest BCUT2D eigenvalue weighted by Gasteiger charge is 2.26. The highest BCUT2D eigenvalue weighted by Crippen LogP contribution is 2.28. The highest BCUT2D eigenvalue weighted by molar-refractivity contribution is 4.80. The number of ether oxygens (including phenoxy) is 2. The molecule has 0 aromatic heterocycles. The topological polar surface area (TPSA) is 56.5 Å². The Morgan fingerprint density at radius 3 is 2.67 bits per heavy atom. The van der Waals surface area contributed by atoms with E-state index in [2.05, 4.69) is 12.2 Å². The van der Waals surface area contributed by atoms with Crippen LogP contribution in [0.25, 0.3) is 0 Å². The Hall–Kier alpha value is -0.160. The van der Waals surface area contributed by atoms with Crippen molar-refractivity contribution in [2.24, 2.45) is 11.1 Å². The standard InChI is InChI=1S/C11H24N2O2/c1-11(3-5-15-6-4-11)9-13-8-10(7-12)14-2/h10,13H,3-9,12H2,1-2H3.